The van der Waals surface area contributed by atoms with E-state index in [0.717, 1.165) is 6.42 Å². The molecule has 1 fully saturated rings. The van der Waals surface area contributed by atoms with Gasteiger partial charge in [-0.25, -0.2) is 0 Å². The molecule has 1 aliphatic rings. The van der Waals surface area contributed by atoms with Crippen molar-refractivity contribution >= 4 is 5.91 Å². The maximum Gasteiger partial charge on any atom is 0.240 e. The topological polar surface area (TPSA) is 84.6 Å². The summed E-state index contributed by atoms with van der Waals surface area (Å²) < 4.78 is 5.22. The van der Waals surface area contributed by atoms with Crippen molar-refractivity contribution in [3.63, 3.8) is 0 Å². The van der Waals surface area contributed by atoms with E-state index < -0.39 is 5.54 Å². The largest absolute Gasteiger partial charge is 0.396 e. The maximum atomic E-state index is 12.2. The normalized spacial score (nSPS) is 22.8. The van der Waals surface area contributed by atoms with Gasteiger partial charge in [0.05, 0.1) is 5.54 Å². The van der Waals surface area contributed by atoms with E-state index in [-0.39, 0.29) is 18.1 Å². The van der Waals surface area contributed by atoms with Crippen molar-refractivity contribution in [2.45, 2.75) is 50.6 Å². The SMILES string of the molecule is CCC(C)(CCO)NC(=O)C1(N)CCOCC1. The van der Waals surface area contributed by atoms with Crippen LogP contribution in [0.3, 0.4) is 0 Å². The van der Waals surface area contributed by atoms with Gasteiger partial charge in [0, 0.05) is 25.4 Å². The first kappa shape index (κ1) is 14.4. The van der Waals surface area contributed by atoms with Gasteiger partial charge in [-0.05, 0) is 32.6 Å². The number of nitrogens with one attached hydrogen (secondary N) is 1. The van der Waals surface area contributed by atoms with Crippen LogP contribution in [0.2, 0.25) is 0 Å². The molecule has 1 rings (SSSR count). The van der Waals surface area contributed by atoms with Crippen molar-refractivity contribution in [3.05, 3.63) is 0 Å². The number of hydrogen-bond donors (Lipinski definition) is 3. The summed E-state index contributed by atoms with van der Waals surface area (Å²) in [7, 11) is 0. The molecule has 4 N–H and O–H groups in total. The van der Waals surface area contributed by atoms with Gasteiger partial charge in [0.15, 0.2) is 0 Å². The summed E-state index contributed by atoms with van der Waals surface area (Å²) >= 11 is 0. The first-order chi connectivity index (χ1) is 7.96. The summed E-state index contributed by atoms with van der Waals surface area (Å²) in [6, 6.07) is 0. The Bertz CT molecular complexity index is 264. The van der Waals surface area contributed by atoms with Crippen molar-refractivity contribution in [1.29, 1.82) is 0 Å². The molecule has 0 aromatic rings. The highest BCUT2D eigenvalue weighted by molar-refractivity contribution is 5.86. The Morgan fingerprint density at radius 2 is 2.12 bits per heavy atom. The quantitative estimate of drug-likeness (QED) is 0.643. The summed E-state index contributed by atoms with van der Waals surface area (Å²) in [5, 5.41) is 12.0. The second-order valence-electron chi connectivity index (χ2n) is 5.11. The molecular formula is C12H24N2O3. The highest BCUT2D eigenvalue weighted by Crippen LogP contribution is 2.21. The Labute approximate surface area is 103 Å². The van der Waals surface area contributed by atoms with Gasteiger partial charge in [-0.2, -0.15) is 0 Å². The zero-order chi connectivity index (χ0) is 12.9. The zero-order valence-electron chi connectivity index (χ0n) is 10.8. The molecule has 100 valence electrons. The van der Waals surface area contributed by atoms with E-state index >= 15 is 0 Å². The highest BCUT2D eigenvalue weighted by Gasteiger charge is 2.38. The number of nitrogens with two attached hydrogens (primary N) is 1. The second kappa shape index (κ2) is 5.80. The Hall–Kier alpha value is -0.650. The standard InChI is InChI=1S/C12H24N2O3/c1-3-11(2,4-7-15)14-10(16)12(13)5-8-17-9-6-12/h15H,3-9,13H2,1-2H3,(H,14,16). The van der Waals surface area contributed by atoms with Crippen LogP contribution in [0.15, 0.2) is 0 Å². The Morgan fingerprint density at radius 3 is 2.59 bits per heavy atom. The van der Waals surface area contributed by atoms with Crippen molar-refractivity contribution in [2.24, 2.45) is 5.73 Å². The summed E-state index contributed by atoms with van der Waals surface area (Å²) in [5.74, 6) is -0.126. The second-order valence-corrected chi connectivity index (χ2v) is 5.11. The third-order valence-corrected chi connectivity index (χ3v) is 3.70. The van der Waals surface area contributed by atoms with E-state index in [1.807, 2.05) is 13.8 Å². The van der Waals surface area contributed by atoms with Gasteiger partial charge in [-0.3, -0.25) is 4.79 Å². The van der Waals surface area contributed by atoms with Crippen LogP contribution in [0.1, 0.15) is 39.5 Å². The molecule has 1 heterocycles. The molecular weight excluding hydrogens is 220 g/mol. The van der Waals surface area contributed by atoms with Gasteiger partial charge in [0.1, 0.15) is 0 Å². The summed E-state index contributed by atoms with van der Waals surface area (Å²) in [5.41, 5.74) is 4.91. The molecule has 17 heavy (non-hydrogen) atoms. The Kier molecular flexibility index (Phi) is 4.91. The molecule has 5 heteroatoms. The van der Waals surface area contributed by atoms with Gasteiger partial charge >= 0.3 is 0 Å². The smallest absolute Gasteiger partial charge is 0.240 e. The van der Waals surface area contributed by atoms with Gasteiger partial charge in [0.2, 0.25) is 5.91 Å². The minimum atomic E-state index is -0.815. The van der Waals surface area contributed by atoms with Crippen LogP contribution < -0.4 is 11.1 Å². The van der Waals surface area contributed by atoms with E-state index in [0.29, 0.717) is 32.5 Å². The Balaban J connectivity index is 2.63. The number of aliphatic hydroxyl groups is 1. The molecule has 0 aromatic heterocycles. The highest BCUT2D eigenvalue weighted by atomic mass is 16.5. The van der Waals surface area contributed by atoms with Crippen molar-refractivity contribution in [2.75, 3.05) is 19.8 Å². The molecule has 1 saturated heterocycles. The fourth-order valence-corrected chi connectivity index (χ4v) is 1.94. The maximum absolute atomic E-state index is 12.2. The molecule has 0 aliphatic carbocycles. The molecule has 0 bridgehead atoms. The van der Waals surface area contributed by atoms with Crippen molar-refractivity contribution in [1.82, 2.24) is 5.32 Å². The number of amides is 1. The lowest BCUT2D eigenvalue weighted by atomic mass is 9.87. The van der Waals surface area contributed by atoms with Crippen molar-refractivity contribution < 1.29 is 14.6 Å². The first-order valence-electron chi connectivity index (χ1n) is 6.26. The lowest BCUT2D eigenvalue weighted by Gasteiger charge is -2.37. The number of carbonyl (C=O) groups is 1. The van der Waals surface area contributed by atoms with E-state index in [4.69, 9.17) is 15.6 Å². The number of carbonyl (C=O) groups excluding carboxylic acids is 1. The van der Waals surface area contributed by atoms with Gasteiger partial charge in [0.25, 0.3) is 0 Å². The van der Waals surface area contributed by atoms with E-state index in [1.165, 1.54) is 0 Å². The molecule has 1 aliphatic heterocycles. The molecule has 0 spiro atoms. The monoisotopic (exact) mass is 244 g/mol. The lowest BCUT2D eigenvalue weighted by molar-refractivity contribution is -0.131. The van der Waals surface area contributed by atoms with E-state index in [1.54, 1.807) is 0 Å². The van der Waals surface area contributed by atoms with Gasteiger partial charge in [-0.1, -0.05) is 6.92 Å². The third-order valence-electron chi connectivity index (χ3n) is 3.70. The Morgan fingerprint density at radius 1 is 1.53 bits per heavy atom. The van der Waals surface area contributed by atoms with Crippen LogP contribution in [-0.4, -0.2) is 41.9 Å². The average molecular weight is 244 g/mol. The molecule has 5 nitrogen and oxygen atoms in total. The van der Waals surface area contributed by atoms with E-state index in [9.17, 15) is 4.79 Å². The molecule has 0 aromatic carbocycles. The molecule has 1 atom stereocenters. The molecule has 0 radical (unpaired) electrons. The van der Waals surface area contributed by atoms with Gasteiger partial charge in [-0.15, -0.1) is 0 Å². The molecule has 0 saturated carbocycles. The first-order valence-corrected chi connectivity index (χ1v) is 6.26. The molecule has 1 amide bonds. The van der Waals surface area contributed by atoms with Crippen LogP contribution in [0.25, 0.3) is 0 Å². The minimum absolute atomic E-state index is 0.0608. The third kappa shape index (κ3) is 3.66. The van der Waals surface area contributed by atoms with Crippen LogP contribution in [0.5, 0.6) is 0 Å². The predicted octanol–water partition coefficient (Wildman–Crippen LogP) is 0.162. The van der Waals surface area contributed by atoms with Crippen LogP contribution >= 0.6 is 0 Å². The summed E-state index contributed by atoms with van der Waals surface area (Å²) in [4.78, 5) is 12.2. The van der Waals surface area contributed by atoms with Crippen LogP contribution in [0, 0.1) is 0 Å². The predicted molar refractivity (Wildman–Crippen MR) is 65.5 cm³/mol. The average Bonchev–Trinajstić information content (AvgIpc) is 2.30. The summed E-state index contributed by atoms with van der Waals surface area (Å²) in [6.45, 7) is 5.05. The number of ether oxygens (including phenoxy) is 1. The van der Waals surface area contributed by atoms with E-state index in [2.05, 4.69) is 5.32 Å². The molecule has 1 unspecified atom stereocenters. The van der Waals surface area contributed by atoms with Gasteiger partial charge < -0.3 is 20.9 Å². The number of aliphatic hydroxyl groups excluding tert-OH is 1. The minimum Gasteiger partial charge on any atom is -0.396 e. The fourth-order valence-electron chi connectivity index (χ4n) is 1.94. The zero-order valence-corrected chi connectivity index (χ0v) is 10.8. The van der Waals surface area contributed by atoms with Crippen LogP contribution in [-0.2, 0) is 9.53 Å². The number of rotatable bonds is 5. The van der Waals surface area contributed by atoms with Crippen molar-refractivity contribution in [3.8, 4) is 0 Å². The number of hydrogen-bond acceptors (Lipinski definition) is 4. The fraction of sp³-hybridized carbons (Fsp3) is 0.917. The lowest BCUT2D eigenvalue weighted by Crippen LogP contribution is -2.61. The van der Waals surface area contributed by atoms with Crippen LogP contribution in [0.4, 0.5) is 0 Å². The summed E-state index contributed by atoms with van der Waals surface area (Å²) in [6.07, 6.45) is 2.42.